The van der Waals surface area contributed by atoms with Crippen LogP contribution in [0.4, 0.5) is 17.1 Å². The summed E-state index contributed by atoms with van der Waals surface area (Å²) in [4.78, 5) is 25.5. The third-order valence-corrected chi connectivity index (χ3v) is 5.41. The number of nitrogens with one attached hydrogen (secondary N) is 2. The Morgan fingerprint density at radius 3 is 2.65 bits per heavy atom. The zero-order valence-electron chi connectivity index (χ0n) is 17.6. The van der Waals surface area contributed by atoms with Crippen molar-refractivity contribution in [1.82, 2.24) is 5.32 Å². The van der Waals surface area contributed by atoms with E-state index in [1.54, 1.807) is 6.92 Å². The van der Waals surface area contributed by atoms with Crippen molar-refractivity contribution in [3.05, 3.63) is 58.1 Å². The van der Waals surface area contributed by atoms with Gasteiger partial charge < -0.3 is 15.0 Å². The van der Waals surface area contributed by atoms with Gasteiger partial charge in [-0.2, -0.15) is 0 Å². The Morgan fingerprint density at radius 2 is 2.00 bits per heavy atom. The van der Waals surface area contributed by atoms with E-state index < -0.39 is 10.8 Å². The van der Waals surface area contributed by atoms with Crippen LogP contribution in [0.1, 0.15) is 43.5 Å². The number of hydrogen-bond acceptors (Lipinski definition) is 6. The predicted octanol–water partition coefficient (Wildman–Crippen LogP) is 4.50. The van der Waals surface area contributed by atoms with E-state index in [0.29, 0.717) is 6.04 Å². The van der Waals surface area contributed by atoms with Crippen molar-refractivity contribution in [1.29, 1.82) is 0 Å². The van der Waals surface area contributed by atoms with E-state index in [0.717, 1.165) is 17.9 Å². The lowest BCUT2D eigenvalue weighted by Crippen LogP contribution is -2.37. The van der Waals surface area contributed by atoms with Gasteiger partial charge in [0.05, 0.1) is 11.5 Å². The van der Waals surface area contributed by atoms with Crippen molar-refractivity contribution in [3.8, 4) is 5.75 Å². The largest absolute Gasteiger partial charge is 0.487 e. The molecule has 9 heteroatoms. The minimum atomic E-state index is -0.580. The molecular weight excluding hydrogens is 416 g/mol. The molecule has 1 amide bonds. The number of rotatable bonds is 6. The summed E-state index contributed by atoms with van der Waals surface area (Å²) >= 11 is 5.23. The van der Waals surface area contributed by atoms with Gasteiger partial charge >= 0.3 is 5.69 Å². The number of nitrogens with zero attached hydrogens (tertiary/aromatic N) is 2. The van der Waals surface area contributed by atoms with Gasteiger partial charge in [0.1, 0.15) is 0 Å². The first-order valence-electron chi connectivity index (χ1n) is 10.3. The minimum absolute atomic E-state index is 0.112. The fraction of sp³-hybridized carbons (Fsp3) is 0.364. The molecule has 1 heterocycles. The number of thiocarbonyl (C=S) groups is 1. The number of ether oxygens (including phenoxy) is 1. The fourth-order valence-corrected chi connectivity index (χ4v) is 3.84. The normalized spacial score (nSPS) is 15.8. The molecule has 1 aliphatic heterocycles. The van der Waals surface area contributed by atoms with Crippen LogP contribution in [0, 0.1) is 10.1 Å². The summed E-state index contributed by atoms with van der Waals surface area (Å²) in [5, 5.41) is 16.9. The Kier molecular flexibility index (Phi) is 7.41. The lowest BCUT2D eigenvalue weighted by Gasteiger charge is -2.35. The maximum absolute atomic E-state index is 12.5. The van der Waals surface area contributed by atoms with Gasteiger partial charge in [0.25, 0.3) is 5.91 Å². The summed E-state index contributed by atoms with van der Waals surface area (Å²) in [6.45, 7) is 5.31. The minimum Gasteiger partial charge on any atom is -0.487 e. The van der Waals surface area contributed by atoms with Crippen molar-refractivity contribution in [2.75, 3.05) is 23.4 Å². The molecule has 8 nitrogen and oxygen atoms in total. The summed E-state index contributed by atoms with van der Waals surface area (Å²) in [5.41, 5.74) is 1.76. The molecule has 0 aliphatic carbocycles. The Bertz CT molecular complexity index is 964. The van der Waals surface area contributed by atoms with E-state index in [4.69, 9.17) is 17.0 Å². The summed E-state index contributed by atoms with van der Waals surface area (Å²) < 4.78 is 5.24. The molecule has 31 heavy (non-hydrogen) atoms. The van der Waals surface area contributed by atoms with Crippen LogP contribution in [0.3, 0.4) is 0 Å². The smallest absolute Gasteiger partial charge is 0.311 e. The number of nitro groups is 1. The van der Waals surface area contributed by atoms with Gasteiger partial charge in [-0.25, -0.2) is 0 Å². The summed E-state index contributed by atoms with van der Waals surface area (Å²) in [6.07, 6.45) is 3.66. The molecule has 2 aromatic rings. The van der Waals surface area contributed by atoms with Crippen LogP contribution in [0.15, 0.2) is 42.5 Å². The third kappa shape index (κ3) is 5.69. The van der Waals surface area contributed by atoms with Crippen molar-refractivity contribution < 1.29 is 14.5 Å². The Morgan fingerprint density at radius 1 is 1.26 bits per heavy atom. The SMILES string of the molecule is CCOc1ccc(C(=O)NC(=S)Nc2ccc(N3CCCC[C@H]3C)cc2)cc1[N+](=O)[O-]. The molecular formula is C22H26N4O4S. The maximum atomic E-state index is 12.5. The standard InChI is InChI=1S/C22H26N4O4S/c1-3-30-20-12-7-16(14-19(20)26(28)29)21(27)24-22(31)23-17-8-10-18(11-9-17)25-13-5-4-6-15(25)2/h7-12,14-15H,3-6,13H2,1-2H3,(H2,23,24,27,31)/t15-/m1/s1. The first-order chi connectivity index (χ1) is 14.9. The van der Waals surface area contributed by atoms with E-state index in [9.17, 15) is 14.9 Å². The van der Waals surface area contributed by atoms with Crippen molar-refractivity contribution in [3.63, 3.8) is 0 Å². The fourth-order valence-electron chi connectivity index (χ4n) is 3.63. The highest BCUT2D eigenvalue weighted by Gasteiger charge is 2.20. The molecule has 1 saturated heterocycles. The van der Waals surface area contributed by atoms with Gasteiger partial charge in [-0.1, -0.05) is 0 Å². The van der Waals surface area contributed by atoms with Gasteiger partial charge in [-0.15, -0.1) is 0 Å². The highest BCUT2D eigenvalue weighted by molar-refractivity contribution is 7.80. The molecule has 0 aromatic heterocycles. The monoisotopic (exact) mass is 442 g/mol. The second kappa shape index (κ2) is 10.2. The number of anilines is 2. The highest BCUT2D eigenvalue weighted by Crippen LogP contribution is 2.28. The molecule has 1 atom stereocenters. The van der Waals surface area contributed by atoms with E-state index in [2.05, 4.69) is 22.5 Å². The van der Waals surface area contributed by atoms with Crippen LogP contribution in [-0.2, 0) is 0 Å². The van der Waals surface area contributed by atoms with E-state index in [1.807, 2.05) is 24.3 Å². The number of nitro benzene ring substituents is 1. The van der Waals surface area contributed by atoms with Crippen LogP contribution in [0.25, 0.3) is 0 Å². The third-order valence-electron chi connectivity index (χ3n) is 5.20. The lowest BCUT2D eigenvalue weighted by atomic mass is 10.0. The number of amides is 1. The summed E-state index contributed by atoms with van der Waals surface area (Å²) in [6, 6.07) is 12.5. The average molecular weight is 443 g/mol. The van der Waals surface area contributed by atoms with E-state index in [-0.39, 0.29) is 28.7 Å². The van der Waals surface area contributed by atoms with E-state index in [1.165, 1.54) is 37.5 Å². The molecule has 0 bridgehead atoms. The zero-order chi connectivity index (χ0) is 22.4. The van der Waals surface area contributed by atoms with Crippen molar-refractivity contribution in [2.45, 2.75) is 39.2 Å². The molecule has 0 spiro atoms. The highest BCUT2D eigenvalue weighted by atomic mass is 32.1. The van der Waals surface area contributed by atoms with Crippen molar-refractivity contribution >= 4 is 40.3 Å². The first-order valence-corrected chi connectivity index (χ1v) is 10.7. The summed E-state index contributed by atoms with van der Waals surface area (Å²) in [5.74, 6) is -0.421. The molecule has 0 unspecified atom stereocenters. The number of carbonyl (C=O) groups excluding carboxylic acids is 1. The maximum Gasteiger partial charge on any atom is 0.311 e. The zero-order valence-corrected chi connectivity index (χ0v) is 18.4. The van der Waals surface area contributed by atoms with E-state index >= 15 is 0 Å². The van der Waals surface area contributed by atoms with Crippen LogP contribution in [0.5, 0.6) is 5.75 Å². The summed E-state index contributed by atoms with van der Waals surface area (Å²) in [7, 11) is 0. The molecule has 0 saturated carbocycles. The molecule has 1 aliphatic rings. The quantitative estimate of drug-likeness (QED) is 0.386. The van der Waals surface area contributed by atoms with Gasteiger partial charge in [-0.05, 0) is 81.7 Å². The molecule has 0 radical (unpaired) electrons. The predicted molar refractivity (Wildman–Crippen MR) is 125 cm³/mol. The van der Waals surface area contributed by atoms with Crippen LogP contribution >= 0.6 is 12.2 Å². The van der Waals surface area contributed by atoms with Gasteiger partial charge in [0, 0.05) is 35.6 Å². The molecule has 2 N–H and O–H groups in total. The molecule has 3 rings (SSSR count). The number of piperidine rings is 1. The number of carbonyl (C=O) groups is 1. The Labute approximate surface area is 186 Å². The second-order valence-corrected chi connectivity index (χ2v) is 7.77. The van der Waals surface area contributed by atoms with Gasteiger partial charge in [0.2, 0.25) is 0 Å². The lowest BCUT2D eigenvalue weighted by molar-refractivity contribution is -0.385. The Hall–Kier alpha value is -3.20. The van der Waals surface area contributed by atoms with Crippen LogP contribution in [-0.4, -0.2) is 35.1 Å². The van der Waals surface area contributed by atoms with Crippen LogP contribution < -0.4 is 20.3 Å². The molecule has 164 valence electrons. The second-order valence-electron chi connectivity index (χ2n) is 7.37. The molecule has 2 aromatic carbocycles. The molecule has 1 fully saturated rings. The van der Waals surface area contributed by atoms with Gasteiger partial charge in [0.15, 0.2) is 10.9 Å². The topological polar surface area (TPSA) is 96.7 Å². The average Bonchev–Trinajstić information content (AvgIpc) is 2.75. The Balaban J connectivity index is 1.62. The van der Waals surface area contributed by atoms with Gasteiger partial charge in [-0.3, -0.25) is 20.2 Å². The number of benzene rings is 2. The first kappa shape index (κ1) is 22.5. The van der Waals surface area contributed by atoms with Crippen LogP contribution in [0.2, 0.25) is 0 Å². The van der Waals surface area contributed by atoms with Crippen molar-refractivity contribution in [2.24, 2.45) is 0 Å². The number of hydrogen-bond donors (Lipinski definition) is 2.